The van der Waals surface area contributed by atoms with Gasteiger partial charge in [0.2, 0.25) is 0 Å². The van der Waals surface area contributed by atoms with E-state index in [1.807, 2.05) is 0 Å². The molecule has 5 heteroatoms. The molecule has 0 saturated carbocycles. The van der Waals surface area contributed by atoms with Crippen molar-refractivity contribution < 1.29 is 15.0 Å². The predicted octanol–water partition coefficient (Wildman–Crippen LogP) is 1.73. The summed E-state index contributed by atoms with van der Waals surface area (Å²) in [7, 11) is 0. The van der Waals surface area contributed by atoms with Crippen LogP contribution in [0.5, 0.6) is 0 Å². The maximum atomic E-state index is 10.3. The minimum absolute atomic E-state index is 0.273. The number of benzene rings is 1. The van der Waals surface area contributed by atoms with Gasteiger partial charge in [-0.05, 0) is 30.5 Å². The molecule has 3 aliphatic heterocycles. The van der Waals surface area contributed by atoms with E-state index < -0.39 is 12.2 Å². The first-order valence-corrected chi connectivity index (χ1v) is 6.14. The molecule has 98 valence electrons. The van der Waals surface area contributed by atoms with Crippen molar-refractivity contribution >= 4 is 11.8 Å². The number of carboxylic acid groups (broad SMARTS) is 1. The van der Waals surface area contributed by atoms with E-state index in [1.54, 1.807) is 0 Å². The van der Waals surface area contributed by atoms with Crippen molar-refractivity contribution in [2.75, 3.05) is 18.4 Å². The lowest BCUT2D eigenvalue weighted by Gasteiger charge is -2.27. The highest BCUT2D eigenvalue weighted by Crippen LogP contribution is 2.16. The van der Waals surface area contributed by atoms with Gasteiger partial charge in [-0.15, -0.1) is 0 Å². The maximum Gasteiger partial charge on any atom is 0.407 e. The first kappa shape index (κ1) is 12.7. The lowest BCUT2D eigenvalue weighted by atomic mass is 10.1. The van der Waals surface area contributed by atoms with Crippen LogP contribution >= 0.6 is 0 Å². The highest BCUT2D eigenvalue weighted by molar-refractivity contribution is 5.65. The number of β-amino-alcohol motifs (C(OH)–C–C–N with tert-alkyl or cyclic N) is 1. The third-order valence-electron chi connectivity index (χ3n) is 3.12. The van der Waals surface area contributed by atoms with Crippen LogP contribution in [0.15, 0.2) is 24.3 Å². The first-order chi connectivity index (χ1) is 8.65. The monoisotopic (exact) mass is 250 g/mol. The Bertz CT molecular complexity index is 382. The Hall–Kier alpha value is -1.75. The molecular weight excluding hydrogens is 232 g/mol. The molecule has 0 radical (unpaired) electrons. The molecule has 1 fully saturated rings. The van der Waals surface area contributed by atoms with Crippen LogP contribution in [0.25, 0.3) is 0 Å². The normalized spacial score (nSPS) is 20.7. The van der Waals surface area contributed by atoms with Crippen LogP contribution in [0.1, 0.15) is 18.4 Å². The number of carbonyl (C=O) groups is 1. The van der Waals surface area contributed by atoms with Crippen molar-refractivity contribution in [3.05, 3.63) is 29.8 Å². The van der Waals surface area contributed by atoms with E-state index in [4.69, 9.17) is 10.2 Å². The minimum atomic E-state index is -0.932. The highest BCUT2D eigenvalue weighted by atomic mass is 16.4. The Kier molecular flexibility index (Phi) is 4.04. The second kappa shape index (κ2) is 5.73. The zero-order chi connectivity index (χ0) is 13.0. The third kappa shape index (κ3) is 3.37. The number of likely N-dealkylation sites (tertiary alicyclic amines) is 1. The zero-order valence-corrected chi connectivity index (χ0v) is 10.2. The molecular formula is C13H18N2O3. The number of aliphatic hydroxyl groups excluding tert-OH is 1. The van der Waals surface area contributed by atoms with Gasteiger partial charge in [-0.1, -0.05) is 12.1 Å². The van der Waals surface area contributed by atoms with Crippen LogP contribution in [-0.2, 0) is 6.54 Å². The van der Waals surface area contributed by atoms with Gasteiger partial charge in [0, 0.05) is 25.3 Å². The van der Waals surface area contributed by atoms with E-state index in [-0.39, 0.29) is 6.54 Å². The van der Waals surface area contributed by atoms with Gasteiger partial charge in [0.05, 0.1) is 6.10 Å². The van der Waals surface area contributed by atoms with Gasteiger partial charge < -0.3 is 20.4 Å². The Morgan fingerprint density at radius 2 is 2.06 bits per heavy atom. The standard InChI is InChI=1S/C7H7N.C6H11NO3/c1-3-7-4-2-6(1)5-8-7;8-5-2-1-3-7(4-5)6(9)10/h1-4,8H,5H2;5,8H,1-4H2,(H,9,10). The fraction of sp³-hybridized carbons (Fsp3) is 0.462. The van der Waals surface area contributed by atoms with Crippen molar-refractivity contribution in [3.63, 3.8) is 0 Å². The number of aliphatic hydroxyl groups is 1. The van der Waals surface area contributed by atoms with Gasteiger partial charge in [0.1, 0.15) is 0 Å². The van der Waals surface area contributed by atoms with Crippen LogP contribution in [0.3, 0.4) is 0 Å². The summed E-state index contributed by atoms with van der Waals surface area (Å²) < 4.78 is 0. The molecule has 1 aromatic rings. The first-order valence-electron chi connectivity index (χ1n) is 6.14. The molecule has 5 nitrogen and oxygen atoms in total. The molecule has 1 aromatic carbocycles. The second-order valence-corrected chi connectivity index (χ2v) is 4.58. The molecule has 4 rings (SSSR count). The number of hydrogen-bond acceptors (Lipinski definition) is 3. The number of nitrogens with one attached hydrogen (secondary N) is 1. The summed E-state index contributed by atoms with van der Waals surface area (Å²) in [6.45, 7) is 1.85. The Morgan fingerprint density at radius 1 is 1.33 bits per heavy atom. The van der Waals surface area contributed by atoms with Crippen molar-refractivity contribution in [1.29, 1.82) is 0 Å². The van der Waals surface area contributed by atoms with Gasteiger partial charge >= 0.3 is 6.09 Å². The molecule has 1 amide bonds. The number of rotatable bonds is 0. The summed E-state index contributed by atoms with van der Waals surface area (Å²) in [5.74, 6) is 0. The summed E-state index contributed by atoms with van der Waals surface area (Å²) in [6, 6.07) is 8.48. The van der Waals surface area contributed by atoms with Crippen LogP contribution in [-0.4, -0.2) is 40.4 Å². The topological polar surface area (TPSA) is 72.8 Å². The van der Waals surface area contributed by atoms with Gasteiger partial charge in [0.25, 0.3) is 0 Å². The van der Waals surface area contributed by atoms with Gasteiger partial charge in [-0.25, -0.2) is 4.79 Å². The SMILES string of the molecule is O=C(O)N1CCCC(O)C1.c1cc2ccc1CN2. The zero-order valence-electron chi connectivity index (χ0n) is 10.2. The van der Waals surface area contributed by atoms with E-state index in [9.17, 15) is 4.79 Å². The Morgan fingerprint density at radius 3 is 2.33 bits per heavy atom. The van der Waals surface area contributed by atoms with E-state index in [1.165, 1.54) is 16.2 Å². The summed E-state index contributed by atoms with van der Waals surface area (Å²) in [6.07, 6.45) is 0.112. The maximum absolute atomic E-state index is 10.3. The van der Waals surface area contributed by atoms with E-state index in [2.05, 4.69) is 29.6 Å². The van der Waals surface area contributed by atoms with Gasteiger partial charge in [-0.3, -0.25) is 0 Å². The summed E-state index contributed by atoms with van der Waals surface area (Å²) in [4.78, 5) is 11.6. The van der Waals surface area contributed by atoms with E-state index in [0.717, 1.165) is 19.4 Å². The number of piperidine rings is 1. The van der Waals surface area contributed by atoms with Gasteiger partial charge in [-0.2, -0.15) is 0 Å². The number of anilines is 1. The molecule has 1 saturated heterocycles. The van der Waals surface area contributed by atoms with Crippen LogP contribution in [0, 0.1) is 0 Å². The largest absolute Gasteiger partial charge is 0.465 e. The second-order valence-electron chi connectivity index (χ2n) is 4.58. The molecule has 0 aliphatic carbocycles. The van der Waals surface area contributed by atoms with Crippen molar-refractivity contribution in [1.82, 2.24) is 4.90 Å². The fourth-order valence-corrected chi connectivity index (χ4v) is 2.07. The molecule has 1 atom stereocenters. The average molecular weight is 250 g/mol. The molecule has 3 heterocycles. The highest BCUT2D eigenvalue weighted by Gasteiger charge is 2.20. The lowest BCUT2D eigenvalue weighted by Crippen LogP contribution is -2.41. The number of hydrogen-bond donors (Lipinski definition) is 3. The molecule has 0 aromatic heterocycles. The predicted molar refractivity (Wildman–Crippen MR) is 68.6 cm³/mol. The summed E-state index contributed by atoms with van der Waals surface area (Å²) >= 11 is 0. The molecule has 18 heavy (non-hydrogen) atoms. The van der Waals surface area contributed by atoms with E-state index in [0.29, 0.717) is 6.54 Å². The summed E-state index contributed by atoms with van der Waals surface area (Å²) in [5.41, 5.74) is 2.61. The van der Waals surface area contributed by atoms with Gasteiger partial charge in [0.15, 0.2) is 0 Å². The number of nitrogens with zero attached hydrogens (tertiary/aromatic N) is 1. The van der Waals surface area contributed by atoms with Crippen LogP contribution < -0.4 is 5.32 Å². The third-order valence-corrected chi connectivity index (χ3v) is 3.12. The smallest absolute Gasteiger partial charge is 0.407 e. The Balaban J connectivity index is 0.000000136. The van der Waals surface area contributed by atoms with Crippen LogP contribution in [0.4, 0.5) is 10.5 Å². The molecule has 2 bridgehead atoms. The van der Waals surface area contributed by atoms with Crippen molar-refractivity contribution in [2.24, 2.45) is 0 Å². The lowest BCUT2D eigenvalue weighted by molar-refractivity contribution is 0.0660. The quantitative estimate of drug-likeness (QED) is 0.655. The average Bonchev–Trinajstić information content (AvgIpc) is 2.41. The Labute approximate surface area is 106 Å². The summed E-state index contributed by atoms with van der Waals surface area (Å²) in [5, 5.41) is 20.7. The van der Waals surface area contributed by atoms with E-state index >= 15 is 0 Å². The number of amides is 1. The molecule has 3 N–H and O–H groups in total. The van der Waals surface area contributed by atoms with Crippen LogP contribution in [0.2, 0.25) is 0 Å². The molecule has 1 unspecified atom stereocenters. The molecule has 3 aliphatic rings. The number of fused-ring (bicyclic) bond motifs is 3. The minimum Gasteiger partial charge on any atom is -0.465 e. The fourth-order valence-electron chi connectivity index (χ4n) is 2.07. The van der Waals surface area contributed by atoms with Crippen molar-refractivity contribution in [3.8, 4) is 0 Å². The van der Waals surface area contributed by atoms with Crippen molar-refractivity contribution in [2.45, 2.75) is 25.5 Å². The molecule has 0 spiro atoms.